The number of benzene rings is 1. The zero-order valence-corrected chi connectivity index (χ0v) is 17.6. The number of hydrogen-bond donors (Lipinski definition) is 1. The van der Waals surface area contributed by atoms with Crippen molar-refractivity contribution in [1.29, 1.82) is 0 Å². The summed E-state index contributed by atoms with van der Waals surface area (Å²) in [7, 11) is 0. The standard InChI is InChI=1S/C22H22F2N4O4/c1-20(2)21(9-30-10-21)22(11-31-19(25)28-22)13-5-12(3-4-17(13)32-20)6-16(29)14-7-27-15(8-26-14)18(23)24/h3-5,7-8,18H,6,9-11H2,1-2H3,(H2,25,28). The molecule has 1 aromatic carbocycles. The van der Waals surface area contributed by atoms with E-state index in [1.165, 1.54) is 0 Å². The molecule has 1 atom stereocenters. The molecule has 5 rings (SSSR count). The van der Waals surface area contributed by atoms with Crippen LogP contribution >= 0.6 is 0 Å². The maximum atomic E-state index is 12.7. The third-order valence-corrected chi connectivity index (χ3v) is 6.77. The third kappa shape index (κ3) is 2.82. The second-order valence-electron chi connectivity index (χ2n) is 8.84. The molecule has 8 nitrogen and oxygen atoms in total. The Morgan fingerprint density at radius 1 is 1.19 bits per heavy atom. The van der Waals surface area contributed by atoms with Crippen LogP contribution in [0.25, 0.3) is 0 Å². The Kier molecular flexibility index (Phi) is 4.49. The number of alkyl halides is 2. The smallest absolute Gasteiger partial charge is 0.283 e. The summed E-state index contributed by atoms with van der Waals surface area (Å²) in [5, 5.41) is 0. The molecule has 4 heterocycles. The molecule has 2 spiro atoms. The number of carbonyl (C=O) groups is 1. The summed E-state index contributed by atoms with van der Waals surface area (Å²) in [5.74, 6) is 0.309. The molecule has 10 heteroatoms. The molecule has 1 saturated heterocycles. The maximum absolute atomic E-state index is 12.7. The van der Waals surface area contributed by atoms with Gasteiger partial charge in [0.2, 0.25) is 0 Å². The van der Waals surface area contributed by atoms with Gasteiger partial charge in [0.15, 0.2) is 5.78 Å². The number of amidine groups is 1. The van der Waals surface area contributed by atoms with Gasteiger partial charge in [0.1, 0.15) is 34.9 Å². The minimum Gasteiger partial charge on any atom is -0.487 e. The number of ether oxygens (including phenoxy) is 3. The first-order chi connectivity index (χ1) is 15.2. The second kappa shape index (κ2) is 6.93. The van der Waals surface area contributed by atoms with E-state index in [0.717, 1.165) is 18.0 Å². The number of nitrogens with zero attached hydrogens (tertiary/aromatic N) is 3. The van der Waals surface area contributed by atoms with Crippen LogP contribution in [-0.4, -0.2) is 47.2 Å². The number of rotatable bonds is 4. The van der Waals surface area contributed by atoms with Crippen molar-refractivity contribution in [3.8, 4) is 5.75 Å². The molecule has 3 aliphatic rings. The fourth-order valence-corrected chi connectivity index (χ4v) is 4.81. The Bertz CT molecular complexity index is 1120. The van der Waals surface area contributed by atoms with E-state index >= 15 is 0 Å². The summed E-state index contributed by atoms with van der Waals surface area (Å²) in [6, 6.07) is 5.58. The van der Waals surface area contributed by atoms with Gasteiger partial charge in [-0.15, -0.1) is 0 Å². The summed E-state index contributed by atoms with van der Waals surface area (Å²) in [6.07, 6.45) is -0.731. The fourth-order valence-electron chi connectivity index (χ4n) is 4.81. The predicted molar refractivity (Wildman–Crippen MR) is 109 cm³/mol. The van der Waals surface area contributed by atoms with E-state index in [1.54, 1.807) is 6.07 Å². The van der Waals surface area contributed by atoms with Crippen LogP contribution in [0.4, 0.5) is 8.78 Å². The molecular weight excluding hydrogens is 422 g/mol. The van der Waals surface area contributed by atoms with Crippen molar-refractivity contribution in [3.63, 3.8) is 0 Å². The Morgan fingerprint density at radius 3 is 2.53 bits per heavy atom. The summed E-state index contributed by atoms with van der Waals surface area (Å²) in [6.45, 7) is 5.14. The van der Waals surface area contributed by atoms with Gasteiger partial charge in [-0.3, -0.25) is 9.78 Å². The van der Waals surface area contributed by atoms with Gasteiger partial charge in [0.25, 0.3) is 12.4 Å². The highest BCUT2D eigenvalue weighted by molar-refractivity contribution is 5.95. The highest BCUT2D eigenvalue weighted by atomic mass is 19.3. The van der Waals surface area contributed by atoms with Crippen LogP contribution in [0.2, 0.25) is 0 Å². The van der Waals surface area contributed by atoms with Crippen LogP contribution in [0, 0.1) is 5.41 Å². The Hall–Kier alpha value is -3.14. The highest BCUT2D eigenvalue weighted by Crippen LogP contribution is 2.62. The largest absolute Gasteiger partial charge is 0.487 e. The molecule has 1 fully saturated rings. The fraction of sp³-hybridized carbons (Fsp3) is 0.455. The van der Waals surface area contributed by atoms with Crippen molar-refractivity contribution in [2.45, 2.75) is 37.8 Å². The zero-order chi connectivity index (χ0) is 22.7. The van der Waals surface area contributed by atoms with Gasteiger partial charge >= 0.3 is 0 Å². The lowest BCUT2D eigenvalue weighted by molar-refractivity contribution is -0.247. The number of aromatic nitrogens is 2. The van der Waals surface area contributed by atoms with Crippen molar-refractivity contribution < 1.29 is 27.8 Å². The normalized spacial score (nSPS) is 24.5. The van der Waals surface area contributed by atoms with Gasteiger partial charge in [-0.1, -0.05) is 6.07 Å². The van der Waals surface area contributed by atoms with E-state index in [0.29, 0.717) is 24.5 Å². The third-order valence-electron chi connectivity index (χ3n) is 6.77. The van der Waals surface area contributed by atoms with Crippen LogP contribution in [-0.2, 0) is 21.4 Å². The van der Waals surface area contributed by atoms with Gasteiger partial charge in [0.05, 0.1) is 31.0 Å². The second-order valence-corrected chi connectivity index (χ2v) is 8.84. The average Bonchev–Trinajstić information content (AvgIpc) is 3.09. The van der Waals surface area contributed by atoms with Gasteiger partial charge in [0, 0.05) is 12.0 Å². The first-order valence-electron chi connectivity index (χ1n) is 10.2. The van der Waals surface area contributed by atoms with Crippen molar-refractivity contribution >= 4 is 11.8 Å². The van der Waals surface area contributed by atoms with E-state index in [1.807, 2.05) is 26.0 Å². The lowest BCUT2D eigenvalue weighted by Gasteiger charge is -2.61. The monoisotopic (exact) mass is 444 g/mol. The lowest BCUT2D eigenvalue weighted by Crippen LogP contribution is -2.71. The number of aliphatic imine (C=N–C) groups is 1. The minimum atomic E-state index is -2.74. The number of fused-ring (bicyclic) bond motifs is 3. The Labute approximate surface area is 182 Å². The first kappa shape index (κ1) is 20.7. The molecule has 2 N–H and O–H groups in total. The van der Waals surface area contributed by atoms with Crippen LogP contribution in [0.3, 0.4) is 0 Å². The van der Waals surface area contributed by atoms with E-state index in [-0.39, 0.29) is 30.5 Å². The van der Waals surface area contributed by atoms with E-state index in [4.69, 9.17) is 24.9 Å². The van der Waals surface area contributed by atoms with Crippen molar-refractivity contribution in [3.05, 3.63) is 53.1 Å². The van der Waals surface area contributed by atoms with Gasteiger partial charge < -0.3 is 19.9 Å². The van der Waals surface area contributed by atoms with Crippen molar-refractivity contribution in [1.82, 2.24) is 9.97 Å². The summed E-state index contributed by atoms with van der Waals surface area (Å²) in [5.41, 5.74) is 5.10. The molecule has 0 bridgehead atoms. The lowest BCUT2D eigenvalue weighted by atomic mass is 9.55. The maximum Gasteiger partial charge on any atom is 0.283 e. The Balaban J connectivity index is 1.51. The van der Waals surface area contributed by atoms with Gasteiger partial charge in [-0.25, -0.2) is 18.8 Å². The number of Topliss-reactive ketones (excluding diaryl/α,β-unsaturated/α-hetero) is 1. The minimum absolute atomic E-state index is 0.0129. The number of ketones is 1. The number of nitrogens with two attached hydrogens (primary N) is 1. The summed E-state index contributed by atoms with van der Waals surface area (Å²) in [4.78, 5) is 24.9. The van der Waals surface area contributed by atoms with Crippen LogP contribution < -0.4 is 10.5 Å². The van der Waals surface area contributed by atoms with Crippen molar-refractivity contribution in [2.75, 3.05) is 19.8 Å². The number of halogens is 2. The molecule has 3 aliphatic heterocycles. The van der Waals surface area contributed by atoms with Crippen LogP contribution in [0.15, 0.2) is 35.6 Å². The highest BCUT2D eigenvalue weighted by Gasteiger charge is 2.71. The molecule has 0 aliphatic carbocycles. The SMILES string of the molecule is CC1(C)Oc2ccc(CC(=O)c3cnc(C(F)F)cn3)cc2C2(COC(N)=N2)C12COC2. The van der Waals surface area contributed by atoms with Crippen LogP contribution in [0.5, 0.6) is 5.75 Å². The number of carbonyl (C=O) groups excluding carboxylic acids is 1. The van der Waals surface area contributed by atoms with E-state index < -0.39 is 28.7 Å². The quantitative estimate of drug-likeness (QED) is 0.722. The van der Waals surface area contributed by atoms with Crippen molar-refractivity contribution in [2.24, 2.45) is 16.1 Å². The molecule has 0 amide bonds. The number of hydrogen-bond acceptors (Lipinski definition) is 8. The average molecular weight is 444 g/mol. The van der Waals surface area contributed by atoms with Gasteiger partial charge in [-0.2, -0.15) is 0 Å². The molecule has 1 aromatic heterocycles. The van der Waals surface area contributed by atoms with E-state index in [2.05, 4.69) is 9.97 Å². The first-order valence-corrected chi connectivity index (χ1v) is 10.2. The molecule has 0 saturated carbocycles. The Morgan fingerprint density at radius 2 is 1.97 bits per heavy atom. The predicted octanol–water partition coefficient (Wildman–Crippen LogP) is 2.57. The summed E-state index contributed by atoms with van der Waals surface area (Å²) >= 11 is 0. The molecular formula is C22H22F2N4O4. The van der Waals surface area contributed by atoms with Gasteiger partial charge in [-0.05, 0) is 31.5 Å². The molecule has 32 heavy (non-hydrogen) atoms. The molecule has 0 radical (unpaired) electrons. The molecule has 2 aromatic rings. The van der Waals surface area contributed by atoms with E-state index in [9.17, 15) is 13.6 Å². The van der Waals surface area contributed by atoms with Crippen LogP contribution in [0.1, 0.15) is 47.6 Å². The molecule has 1 unspecified atom stereocenters. The zero-order valence-electron chi connectivity index (χ0n) is 17.6. The summed E-state index contributed by atoms with van der Waals surface area (Å²) < 4.78 is 43.0. The topological polar surface area (TPSA) is 109 Å². The molecule has 168 valence electrons.